The summed E-state index contributed by atoms with van der Waals surface area (Å²) in [6.07, 6.45) is 1.22. The zero-order valence-electron chi connectivity index (χ0n) is 16.6. The third-order valence-electron chi connectivity index (χ3n) is 4.63. The minimum absolute atomic E-state index is 0.109. The summed E-state index contributed by atoms with van der Waals surface area (Å²) < 4.78 is 11.0. The van der Waals surface area contributed by atoms with Gasteiger partial charge in [-0.05, 0) is 44.9 Å². The maximum absolute atomic E-state index is 12.7. The number of piperidine rings is 1. The van der Waals surface area contributed by atoms with E-state index in [4.69, 9.17) is 14.6 Å². The van der Waals surface area contributed by atoms with Crippen LogP contribution in [0.1, 0.15) is 37.0 Å². The number of carboxylic acid groups (broad SMARTS) is 1. The van der Waals surface area contributed by atoms with Crippen LogP contribution in [0.25, 0.3) is 0 Å². The number of nitrogens with zero attached hydrogens (tertiary/aromatic N) is 2. The number of benzene rings is 1. The van der Waals surface area contributed by atoms with Crippen molar-refractivity contribution in [2.45, 2.75) is 26.7 Å². The predicted molar refractivity (Wildman–Crippen MR) is 103 cm³/mol. The van der Waals surface area contributed by atoms with Crippen LogP contribution >= 0.6 is 0 Å². The van der Waals surface area contributed by atoms with Crippen molar-refractivity contribution < 1.29 is 29.0 Å². The Morgan fingerprint density at radius 2 is 1.86 bits per heavy atom. The van der Waals surface area contributed by atoms with Gasteiger partial charge in [0.2, 0.25) is 5.91 Å². The lowest BCUT2D eigenvalue weighted by Gasteiger charge is -2.32. The van der Waals surface area contributed by atoms with Gasteiger partial charge < -0.3 is 24.4 Å². The summed E-state index contributed by atoms with van der Waals surface area (Å²) >= 11 is 0. The third-order valence-corrected chi connectivity index (χ3v) is 4.63. The third kappa shape index (κ3) is 5.37. The lowest BCUT2D eigenvalue weighted by Crippen LogP contribution is -2.46. The zero-order valence-corrected chi connectivity index (χ0v) is 16.6. The molecule has 1 aliphatic heterocycles. The molecular weight excluding hydrogens is 364 g/mol. The van der Waals surface area contributed by atoms with E-state index in [0.29, 0.717) is 49.7 Å². The lowest BCUT2D eigenvalue weighted by atomic mass is 9.98. The smallest absolute Gasteiger partial charge is 0.308 e. The van der Waals surface area contributed by atoms with E-state index in [9.17, 15) is 14.4 Å². The first kappa shape index (κ1) is 21.5. The van der Waals surface area contributed by atoms with Crippen molar-refractivity contribution in [1.29, 1.82) is 0 Å². The molecule has 154 valence electrons. The number of hydrogen-bond donors (Lipinski definition) is 1. The standard InChI is InChI=1S/C20H28N2O6/c1-4-27-16-9-8-14(11-17(16)28-5-2)19(24)21(3)13-18(23)22-10-6-7-15(12-22)20(25)26/h8-9,11,15H,4-7,10,12-13H2,1-3H3,(H,25,26). The fourth-order valence-corrected chi connectivity index (χ4v) is 3.18. The summed E-state index contributed by atoms with van der Waals surface area (Å²) in [4.78, 5) is 39.3. The van der Waals surface area contributed by atoms with Gasteiger partial charge in [-0.25, -0.2) is 0 Å². The monoisotopic (exact) mass is 392 g/mol. The molecule has 0 aromatic heterocycles. The number of hydrogen-bond acceptors (Lipinski definition) is 5. The minimum Gasteiger partial charge on any atom is -0.490 e. The van der Waals surface area contributed by atoms with Crippen LogP contribution in [0.4, 0.5) is 0 Å². The number of carboxylic acids is 1. The second kappa shape index (κ2) is 9.96. The number of ether oxygens (including phenoxy) is 2. The fourth-order valence-electron chi connectivity index (χ4n) is 3.18. The molecule has 1 aliphatic rings. The molecular formula is C20H28N2O6. The Hall–Kier alpha value is -2.77. The number of carbonyl (C=O) groups excluding carboxylic acids is 2. The van der Waals surface area contributed by atoms with E-state index in [1.54, 1.807) is 25.2 Å². The van der Waals surface area contributed by atoms with Crippen LogP contribution in [0.15, 0.2) is 18.2 Å². The van der Waals surface area contributed by atoms with Crippen LogP contribution in [0.2, 0.25) is 0 Å². The molecule has 1 aromatic rings. The van der Waals surface area contributed by atoms with Crippen molar-refractivity contribution >= 4 is 17.8 Å². The van der Waals surface area contributed by atoms with Crippen LogP contribution in [-0.4, -0.2) is 72.6 Å². The molecule has 0 saturated carbocycles. The quantitative estimate of drug-likeness (QED) is 0.726. The van der Waals surface area contributed by atoms with Gasteiger partial charge in [0.05, 0.1) is 25.7 Å². The van der Waals surface area contributed by atoms with Crippen molar-refractivity contribution in [3.05, 3.63) is 23.8 Å². The van der Waals surface area contributed by atoms with Crippen LogP contribution in [0, 0.1) is 5.92 Å². The molecule has 1 N–H and O–H groups in total. The van der Waals surface area contributed by atoms with Gasteiger partial charge in [0, 0.05) is 25.7 Å². The summed E-state index contributed by atoms with van der Waals surface area (Å²) in [5.41, 5.74) is 0.393. The molecule has 2 amide bonds. The van der Waals surface area contributed by atoms with Crippen molar-refractivity contribution in [2.75, 3.05) is 39.9 Å². The van der Waals surface area contributed by atoms with Crippen molar-refractivity contribution in [3.63, 3.8) is 0 Å². The molecule has 1 atom stereocenters. The van der Waals surface area contributed by atoms with Crippen LogP contribution < -0.4 is 9.47 Å². The Morgan fingerprint density at radius 3 is 2.50 bits per heavy atom. The van der Waals surface area contributed by atoms with E-state index in [0.717, 1.165) is 0 Å². The molecule has 0 aliphatic carbocycles. The van der Waals surface area contributed by atoms with E-state index in [-0.39, 0.29) is 24.9 Å². The largest absolute Gasteiger partial charge is 0.490 e. The number of aliphatic carboxylic acids is 1. The highest BCUT2D eigenvalue weighted by Crippen LogP contribution is 2.29. The molecule has 2 rings (SSSR count). The average molecular weight is 392 g/mol. The Labute approximate surface area is 165 Å². The Kier molecular flexibility index (Phi) is 7.66. The lowest BCUT2D eigenvalue weighted by molar-refractivity contribution is -0.145. The molecule has 1 aromatic carbocycles. The van der Waals surface area contributed by atoms with Crippen molar-refractivity contribution in [3.8, 4) is 11.5 Å². The highest BCUT2D eigenvalue weighted by molar-refractivity contribution is 5.97. The first-order chi connectivity index (χ1) is 13.4. The van der Waals surface area contributed by atoms with E-state index in [2.05, 4.69) is 0 Å². The van der Waals surface area contributed by atoms with Crippen molar-refractivity contribution in [2.24, 2.45) is 5.92 Å². The van der Waals surface area contributed by atoms with Crippen LogP contribution in [0.3, 0.4) is 0 Å². The molecule has 1 unspecified atom stereocenters. The van der Waals surface area contributed by atoms with E-state index in [1.807, 2.05) is 13.8 Å². The predicted octanol–water partition coefficient (Wildman–Crippen LogP) is 1.88. The maximum Gasteiger partial charge on any atom is 0.308 e. The van der Waals surface area contributed by atoms with Gasteiger partial charge in [0.1, 0.15) is 0 Å². The summed E-state index contributed by atoms with van der Waals surface area (Å²) in [6, 6.07) is 4.93. The molecule has 0 radical (unpaired) electrons. The molecule has 0 bridgehead atoms. The molecule has 8 heteroatoms. The van der Waals surface area contributed by atoms with E-state index < -0.39 is 11.9 Å². The summed E-state index contributed by atoms with van der Waals surface area (Å²) in [6.45, 7) is 5.22. The van der Waals surface area contributed by atoms with Gasteiger partial charge in [-0.1, -0.05) is 0 Å². The minimum atomic E-state index is -0.889. The Morgan fingerprint density at radius 1 is 1.18 bits per heavy atom. The number of likely N-dealkylation sites (N-methyl/N-ethyl adjacent to an activating group) is 1. The average Bonchev–Trinajstić information content (AvgIpc) is 2.69. The van der Waals surface area contributed by atoms with Gasteiger partial charge >= 0.3 is 5.97 Å². The molecule has 1 heterocycles. The van der Waals surface area contributed by atoms with Gasteiger partial charge in [-0.3, -0.25) is 14.4 Å². The van der Waals surface area contributed by atoms with Crippen LogP contribution in [-0.2, 0) is 9.59 Å². The SMILES string of the molecule is CCOc1ccc(C(=O)N(C)CC(=O)N2CCCC(C(=O)O)C2)cc1OCC. The second-order valence-electron chi connectivity index (χ2n) is 6.71. The van der Waals surface area contributed by atoms with Crippen molar-refractivity contribution in [1.82, 2.24) is 9.80 Å². The summed E-state index contributed by atoms with van der Waals surface area (Å²) in [5, 5.41) is 9.16. The highest BCUT2D eigenvalue weighted by atomic mass is 16.5. The Bertz CT molecular complexity index is 721. The number of carbonyl (C=O) groups is 3. The number of rotatable bonds is 8. The number of likely N-dealkylation sites (tertiary alicyclic amines) is 1. The topological polar surface area (TPSA) is 96.4 Å². The molecule has 0 spiro atoms. The first-order valence-corrected chi connectivity index (χ1v) is 9.53. The highest BCUT2D eigenvalue weighted by Gasteiger charge is 2.29. The molecule has 8 nitrogen and oxygen atoms in total. The Balaban J connectivity index is 2.04. The van der Waals surface area contributed by atoms with E-state index in [1.165, 1.54) is 9.80 Å². The zero-order chi connectivity index (χ0) is 20.7. The number of amides is 2. The van der Waals surface area contributed by atoms with Gasteiger partial charge in [-0.2, -0.15) is 0 Å². The first-order valence-electron chi connectivity index (χ1n) is 9.53. The normalized spacial score (nSPS) is 16.4. The van der Waals surface area contributed by atoms with Gasteiger partial charge in [-0.15, -0.1) is 0 Å². The van der Waals surface area contributed by atoms with Gasteiger partial charge in [0.15, 0.2) is 11.5 Å². The second-order valence-corrected chi connectivity index (χ2v) is 6.71. The molecule has 1 fully saturated rings. The van der Waals surface area contributed by atoms with Crippen LogP contribution in [0.5, 0.6) is 11.5 Å². The summed E-state index contributed by atoms with van der Waals surface area (Å²) in [7, 11) is 1.55. The molecule has 1 saturated heterocycles. The van der Waals surface area contributed by atoms with E-state index >= 15 is 0 Å². The maximum atomic E-state index is 12.7. The fraction of sp³-hybridized carbons (Fsp3) is 0.550. The van der Waals surface area contributed by atoms with Gasteiger partial charge in [0.25, 0.3) is 5.91 Å². The molecule has 28 heavy (non-hydrogen) atoms. The summed E-state index contributed by atoms with van der Waals surface area (Å²) in [5.74, 6) is -0.955.